The number of hydrogen-bond donors (Lipinski definition) is 3. The summed E-state index contributed by atoms with van der Waals surface area (Å²) in [6.45, 7) is 4.15. The molecule has 0 aliphatic heterocycles. The fraction of sp³-hybridized carbons (Fsp3) is 0.385. The summed E-state index contributed by atoms with van der Waals surface area (Å²) >= 11 is 0. The molecular formula is C26H31N7O4. The molecule has 0 atom stereocenters. The lowest BCUT2D eigenvalue weighted by atomic mass is 10.1. The van der Waals surface area contributed by atoms with Crippen LogP contribution in [-0.4, -0.2) is 46.5 Å². The van der Waals surface area contributed by atoms with Gasteiger partial charge in [0, 0.05) is 44.6 Å². The van der Waals surface area contributed by atoms with Crippen molar-refractivity contribution in [2.45, 2.75) is 65.1 Å². The number of pyridine rings is 2. The molecule has 0 aromatic carbocycles. The van der Waals surface area contributed by atoms with Gasteiger partial charge < -0.3 is 19.6 Å². The number of hydrogen-bond acceptors (Lipinski definition) is 6. The summed E-state index contributed by atoms with van der Waals surface area (Å²) in [5.41, 5.74) is 1.91. The van der Waals surface area contributed by atoms with Crippen LogP contribution >= 0.6 is 0 Å². The van der Waals surface area contributed by atoms with Gasteiger partial charge in [0.2, 0.25) is 0 Å². The number of carbonyl (C=O) groups is 2. The zero-order valence-corrected chi connectivity index (χ0v) is 21.0. The maximum atomic E-state index is 13.4. The number of aromatic nitrogens is 5. The van der Waals surface area contributed by atoms with E-state index >= 15 is 0 Å². The number of carbonyl (C=O) groups excluding carboxylic acids is 1. The number of imidazole rings is 1. The Morgan fingerprint density at radius 1 is 1.19 bits per heavy atom. The van der Waals surface area contributed by atoms with Crippen molar-refractivity contribution in [1.82, 2.24) is 28.8 Å². The number of carboxylic acids is 1. The lowest BCUT2D eigenvalue weighted by Crippen LogP contribution is -2.38. The third-order valence-corrected chi connectivity index (χ3v) is 6.43. The number of nitrogens with one attached hydrogen (secondary N) is 2. The maximum absolute atomic E-state index is 13.4. The van der Waals surface area contributed by atoms with E-state index < -0.39 is 5.97 Å². The van der Waals surface area contributed by atoms with Crippen molar-refractivity contribution in [1.29, 1.82) is 5.41 Å². The summed E-state index contributed by atoms with van der Waals surface area (Å²) in [6, 6.07) is 5.38. The molecule has 5 rings (SSSR count). The highest BCUT2D eigenvalue weighted by Crippen LogP contribution is 2.18. The Bertz CT molecular complexity index is 1540. The Labute approximate surface area is 212 Å². The molecule has 0 unspecified atom stereocenters. The topological polar surface area (TPSA) is 147 Å². The maximum Gasteiger partial charge on any atom is 0.300 e. The minimum absolute atomic E-state index is 0.0773. The zero-order chi connectivity index (χ0) is 26.5. The summed E-state index contributed by atoms with van der Waals surface area (Å²) in [5.74, 6) is -1.13. The highest BCUT2D eigenvalue weighted by atomic mass is 16.4. The molecule has 4 aromatic rings. The van der Waals surface area contributed by atoms with E-state index in [1.54, 1.807) is 29.4 Å². The summed E-state index contributed by atoms with van der Waals surface area (Å²) in [6.07, 6.45) is 11.8. The second-order valence-electron chi connectivity index (χ2n) is 9.23. The van der Waals surface area contributed by atoms with Crippen LogP contribution < -0.4 is 16.4 Å². The van der Waals surface area contributed by atoms with Gasteiger partial charge in [-0.1, -0.05) is 18.9 Å². The lowest BCUT2D eigenvalue weighted by Gasteiger charge is -2.17. The van der Waals surface area contributed by atoms with Gasteiger partial charge in [-0.2, -0.15) is 0 Å². The average Bonchev–Trinajstić information content (AvgIpc) is 3.55. The van der Waals surface area contributed by atoms with Crippen molar-refractivity contribution in [3.63, 3.8) is 0 Å². The van der Waals surface area contributed by atoms with E-state index in [-0.39, 0.29) is 28.6 Å². The van der Waals surface area contributed by atoms with Gasteiger partial charge in [0.15, 0.2) is 0 Å². The van der Waals surface area contributed by atoms with Gasteiger partial charge in [-0.25, -0.2) is 9.97 Å². The number of carboxylic acid groups (broad SMARTS) is 1. The highest BCUT2D eigenvalue weighted by Gasteiger charge is 2.22. The molecule has 37 heavy (non-hydrogen) atoms. The van der Waals surface area contributed by atoms with Crippen molar-refractivity contribution in [3.05, 3.63) is 70.1 Å². The monoisotopic (exact) mass is 505 g/mol. The van der Waals surface area contributed by atoms with E-state index in [1.165, 1.54) is 4.40 Å². The highest BCUT2D eigenvalue weighted by molar-refractivity contribution is 5.97. The van der Waals surface area contributed by atoms with E-state index in [0.29, 0.717) is 36.2 Å². The first kappa shape index (κ1) is 25.8. The summed E-state index contributed by atoms with van der Waals surface area (Å²) in [5, 5.41) is 19.7. The lowest BCUT2D eigenvalue weighted by molar-refractivity contribution is -0.134. The van der Waals surface area contributed by atoms with Crippen molar-refractivity contribution < 1.29 is 14.7 Å². The number of aryl methyl sites for hydroxylation is 3. The van der Waals surface area contributed by atoms with Crippen LogP contribution in [0.5, 0.6) is 0 Å². The van der Waals surface area contributed by atoms with Crippen LogP contribution in [0.2, 0.25) is 0 Å². The first-order valence-electron chi connectivity index (χ1n) is 12.3. The van der Waals surface area contributed by atoms with Gasteiger partial charge in [-0.15, -0.1) is 0 Å². The molecule has 1 saturated carbocycles. The summed E-state index contributed by atoms with van der Waals surface area (Å²) < 4.78 is 5.17. The number of amides is 1. The van der Waals surface area contributed by atoms with Crippen LogP contribution in [0.3, 0.4) is 0 Å². The number of rotatable bonds is 6. The molecule has 4 aromatic heterocycles. The summed E-state index contributed by atoms with van der Waals surface area (Å²) in [4.78, 5) is 44.3. The van der Waals surface area contributed by atoms with E-state index in [2.05, 4.69) is 10.3 Å². The smallest absolute Gasteiger partial charge is 0.300 e. The Kier molecular flexibility index (Phi) is 7.80. The second-order valence-corrected chi connectivity index (χ2v) is 9.23. The van der Waals surface area contributed by atoms with Crippen LogP contribution in [0.25, 0.3) is 16.7 Å². The Hall–Kier alpha value is -4.28. The molecule has 0 bridgehead atoms. The van der Waals surface area contributed by atoms with Gasteiger partial charge >= 0.3 is 0 Å². The van der Waals surface area contributed by atoms with Gasteiger partial charge in [0.05, 0.1) is 17.3 Å². The first-order chi connectivity index (χ1) is 17.8. The molecular weight excluding hydrogens is 474 g/mol. The molecule has 11 nitrogen and oxygen atoms in total. The number of aliphatic carboxylic acids is 1. The molecule has 1 aliphatic rings. The van der Waals surface area contributed by atoms with Crippen LogP contribution in [0.15, 0.2) is 47.9 Å². The predicted molar refractivity (Wildman–Crippen MR) is 137 cm³/mol. The first-order valence-corrected chi connectivity index (χ1v) is 12.3. The number of fused-ring (bicyclic) bond motifs is 2. The van der Waals surface area contributed by atoms with Gasteiger partial charge in [0.1, 0.15) is 16.8 Å². The minimum Gasteiger partial charge on any atom is -0.481 e. The fourth-order valence-corrected chi connectivity index (χ4v) is 4.65. The summed E-state index contributed by atoms with van der Waals surface area (Å²) in [7, 11) is 0. The van der Waals surface area contributed by atoms with Crippen LogP contribution in [0.1, 0.15) is 54.9 Å². The Morgan fingerprint density at radius 2 is 1.92 bits per heavy atom. The van der Waals surface area contributed by atoms with Crippen LogP contribution in [0.4, 0.5) is 0 Å². The van der Waals surface area contributed by atoms with Gasteiger partial charge in [0.25, 0.3) is 17.4 Å². The van der Waals surface area contributed by atoms with E-state index in [4.69, 9.17) is 20.3 Å². The molecule has 194 valence electrons. The molecule has 0 radical (unpaired) electrons. The van der Waals surface area contributed by atoms with E-state index in [0.717, 1.165) is 38.2 Å². The molecule has 0 saturated heterocycles. The third kappa shape index (κ3) is 5.76. The van der Waals surface area contributed by atoms with Crippen LogP contribution in [0, 0.1) is 12.3 Å². The van der Waals surface area contributed by atoms with E-state index in [1.807, 2.05) is 29.8 Å². The quantitative estimate of drug-likeness (QED) is 0.343. The second kappa shape index (κ2) is 11.2. The normalized spacial score (nSPS) is 13.5. The number of nitrogens with zero attached hydrogens (tertiary/aromatic N) is 5. The molecule has 4 heterocycles. The molecule has 1 aliphatic carbocycles. The SMILES string of the molecule is CC(=O)O.Cc1cccn2c(=O)c3cc(C(=O)NC4CCCC4)c(=N)n(CCCn4ccnc4)c3nc12. The van der Waals surface area contributed by atoms with E-state index in [9.17, 15) is 9.59 Å². The fourth-order valence-electron chi connectivity index (χ4n) is 4.65. The van der Waals surface area contributed by atoms with Gasteiger partial charge in [-0.3, -0.25) is 24.2 Å². The minimum atomic E-state index is -0.833. The van der Waals surface area contributed by atoms with Crippen molar-refractivity contribution in [2.75, 3.05) is 0 Å². The van der Waals surface area contributed by atoms with Gasteiger partial charge in [-0.05, 0) is 43.9 Å². The Morgan fingerprint density at radius 3 is 2.59 bits per heavy atom. The van der Waals surface area contributed by atoms with Crippen molar-refractivity contribution in [2.24, 2.45) is 0 Å². The Balaban J connectivity index is 0.000000747. The van der Waals surface area contributed by atoms with Crippen molar-refractivity contribution >= 4 is 28.6 Å². The molecule has 11 heteroatoms. The molecule has 1 fully saturated rings. The molecule has 3 N–H and O–H groups in total. The molecule has 1 amide bonds. The largest absolute Gasteiger partial charge is 0.481 e. The predicted octanol–water partition coefficient (Wildman–Crippen LogP) is 2.49. The average molecular weight is 506 g/mol. The van der Waals surface area contributed by atoms with Crippen LogP contribution in [-0.2, 0) is 17.9 Å². The zero-order valence-electron chi connectivity index (χ0n) is 21.0. The van der Waals surface area contributed by atoms with Crippen molar-refractivity contribution in [3.8, 4) is 0 Å². The third-order valence-electron chi connectivity index (χ3n) is 6.43. The standard InChI is InChI=1S/C24H27N7O2.C2H4O2/c1-16-6-4-11-31-21(16)28-22-19(24(31)33)14-18(23(32)27-17-7-2-3-8-17)20(25)30(22)12-5-10-29-13-9-26-15-29;1-2(3)4/h4,6,9,11,13-15,17,25H,2-3,5,7-8,10,12H2,1H3,(H,27,32);1H3,(H,3,4). The molecule has 0 spiro atoms.